The summed E-state index contributed by atoms with van der Waals surface area (Å²) >= 11 is 0. The van der Waals surface area contributed by atoms with E-state index in [4.69, 9.17) is 0 Å². The van der Waals surface area contributed by atoms with Gasteiger partial charge in [0.2, 0.25) is 11.1 Å². The summed E-state index contributed by atoms with van der Waals surface area (Å²) in [7, 11) is 0. The fraction of sp³-hybridized carbons (Fsp3) is 0.478. The number of halogens is 24. The van der Waals surface area contributed by atoms with Crippen LogP contribution in [0.25, 0.3) is 0 Å². The molecule has 0 fully saturated rings. The summed E-state index contributed by atoms with van der Waals surface area (Å²) in [5.41, 5.74) is -0.158. The number of aromatic nitrogens is 2. The molecule has 0 saturated carbocycles. The number of carbonyl (C=O) groups is 4. The van der Waals surface area contributed by atoms with Crippen molar-refractivity contribution in [1.82, 2.24) is 9.97 Å². The number of nitroso groups, excluding NO2 is 2. The van der Waals surface area contributed by atoms with Crippen molar-refractivity contribution < 1.29 is 198 Å². The van der Waals surface area contributed by atoms with E-state index in [2.05, 4.69) is 9.97 Å². The second-order valence-corrected chi connectivity index (χ2v) is 19.0. The van der Waals surface area contributed by atoms with Crippen molar-refractivity contribution in [2.24, 2.45) is 0 Å². The van der Waals surface area contributed by atoms with Crippen molar-refractivity contribution in [3.05, 3.63) is 127 Å². The van der Waals surface area contributed by atoms with Gasteiger partial charge in [0.25, 0.3) is 34.2 Å². The molecule has 0 aliphatic carbocycles. The minimum absolute atomic E-state index is 0. The Bertz CT molecular complexity index is 2820. The molecule has 0 bridgehead atoms. The second-order valence-electron chi connectivity index (χ2n) is 19.0. The van der Waals surface area contributed by atoms with Crippen LogP contribution in [0.1, 0.15) is 77.6 Å². The zero-order chi connectivity index (χ0) is 70.9. The zero-order valence-corrected chi connectivity index (χ0v) is 47.9. The molecule has 0 aromatic carbocycles. The summed E-state index contributed by atoms with van der Waals surface area (Å²) in [6, 6.07) is 3.60. The molecular formula is C46H40Cu2F24N6O12. The van der Waals surface area contributed by atoms with Crippen LogP contribution in [0.3, 0.4) is 0 Å². The Hall–Kier alpha value is -7.36. The smallest absolute Gasteiger partial charge is 0.869 e. The third-order valence-corrected chi connectivity index (χ3v) is 11.3. The van der Waals surface area contributed by atoms with E-state index >= 15 is 0 Å². The molecule has 516 valence electrons. The molecule has 0 atom stereocenters. The Morgan fingerprint density at radius 2 is 0.544 bits per heavy atom. The first-order chi connectivity index (χ1) is 38.6. The van der Waals surface area contributed by atoms with Gasteiger partial charge in [-0.2, -0.15) is 105 Å². The van der Waals surface area contributed by atoms with Gasteiger partial charge in [-0.1, -0.05) is 0 Å². The number of pyridine rings is 2. The Morgan fingerprint density at radius 3 is 0.667 bits per heavy atom. The zero-order valence-electron chi connectivity index (χ0n) is 46.0. The van der Waals surface area contributed by atoms with Crippen LogP contribution in [0, 0.1) is 34.1 Å². The molecule has 0 saturated heterocycles. The van der Waals surface area contributed by atoms with Crippen LogP contribution in [-0.4, -0.2) is 135 Å². The fourth-order valence-electron chi connectivity index (χ4n) is 5.17. The predicted octanol–water partition coefficient (Wildman–Crippen LogP) is 7.69. The number of nitrogens with zero attached hydrogens (tertiary/aromatic N) is 6. The molecule has 0 spiro atoms. The summed E-state index contributed by atoms with van der Waals surface area (Å²) < 4.78 is 274. The van der Waals surface area contributed by atoms with Crippen LogP contribution in [0.2, 0.25) is 0 Å². The Kier molecular flexibility index (Phi) is 30.8. The molecule has 0 N–H and O–H groups in total. The molecule has 2 aliphatic rings. The maximum Gasteiger partial charge on any atom is 1.00 e. The molecule has 4 heterocycles. The number of hydrogen-bond donors (Lipinski definition) is 0. The number of hydroxylamine groups is 2. The molecule has 18 nitrogen and oxygen atoms in total. The minimum Gasteiger partial charge on any atom is -0.869 e. The average Bonchev–Trinajstić information content (AvgIpc) is 3.52. The van der Waals surface area contributed by atoms with Crippen LogP contribution in [0.5, 0.6) is 0 Å². The van der Waals surface area contributed by atoms with E-state index in [1.807, 2.05) is 13.8 Å². The fourth-order valence-corrected chi connectivity index (χ4v) is 5.17. The van der Waals surface area contributed by atoms with Crippen molar-refractivity contribution in [3.63, 3.8) is 0 Å². The van der Waals surface area contributed by atoms with E-state index in [-0.39, 0.29) is 45.8 Å². The summed E-state index contributed by atoms with van der Waals surface area (Å²) in [5, 5.41) is 64.0. The number of alkyl halides is 24. The van der Waals surface area contributed by atoms with Crippen LogP contribution in [0.15, 0.2) is 84.3 Å². The third kappa shape index (κ3) is 25.1. The first kappa shape index (κ1) is 89.1. The monoisotopic (exact) mass is 1450 g/mol. The van der Waals surface area contributed by atoms with Crippen molar-refractivity contribution in [1.29, 1.82) is 0 Å². The standard InChI is InChI=1S/2C13H18N3O2.4C5H2F6O2.2Cu/c2*1-9-6-10(8-14-7-9)11-15(17)12(2,3)13(4,5)16(11)18;4*6-4(7,8)2(12)1-3(13)5(9,10)11;;/h2*6-8H,1-5H3;4*1,12H;;/q2*+1;;;;;2*+1/p-4/b;;4*2-1-;;. The summed E-state index contributed by atoms with van der Waals surface area (Å²) in [6.07, 6.45) is -41.3. The number of amidine groups is 2. The summed E-state index contributed by atoms with van der Waals surface area (Å²) in [4.78, 5) is 72.1. The van der Waals surface area contributed by atoms with Gasteiger partial charge in [-0.05, 0) is 84.4 Å². The first-order valence-corrected chi connectivity index (χ1v) is 22.3. The van der Waals surface area contributed by atoms with Crippen molar-refractivity contribution in [2.45, 2.75) is 141 Å². The SMILES string of the molecule is Cc1cncc(C2=[N+]([O-])C(C)(C)C(C)(C)[N+]2=O)c1.Cc1cncc(C2=[N+]([O-])C(C)(C)C(C)(C)[N+]2=O)c1.O=C(/C=C(\[O-])C(F)(F)F)C(F)(F)F.O=C(/C=C(\[O-])C(F)(F)F)C(F)(F)F.O=C(/C=C(\[O-])C(F)(F)F)C(F)(F)F.O=C(/C=C(\[O-])C(F)(F)F)C(F)(F)F.[Cu+].[Cu+]. The number of aryl methyl sites for hydroxylation is 2. The van der Waals surface area contributed by atoms with Crippen LogP contribution in [0.4, 0.5) is 105 Å². The van der Waals surface area contributed by atoms with Crippen LogP contribution < -0.4 is 20.4 Å². The van der Waals surface area contributed by atoms with Crippen LogP contribution >= 0.6 is 0 Å². The normalized spacial score (nSPS) is 17.0. The Balaban J connectivity index is -0.000000495. The maximum atomic E-state index is 12.4. The van der Waals surface area contributed by atoms with Crippen molar-refractivity contribution in [3.8, 4) is 0 Å². The first-order valence-electron chi connectivity index (χ1n) is 22.3. The molecular weight excluding hydrogens is 1410 g/mol. The predicted molar refractivity (Wildman–Crippen MR) is 238 cm³/mol. The molecule has 0 unspecified atom stereocenters. The molecule has 2 aromatic rings. The topological polar surface area (TPSA) is 279 Å². The van der Waals surface area contributed by atoms with Crippen molar-refractivity contribution >= 4 is 34.8 Å². The van der Waals surface area contributed by atoms with Gasteiger partial charge >= 0.3 is 95.2 Å². The molecule has 0 amide bonds. The molecule has 2 aliphatic heterocycles. The van der Waals surface area contributed by atoms with E-state index in [0.29, 0.717) is 11.1 Å². The average molecular weight is 1450 g/mol. The van der Waals surface area contributed by atoms with E-state index in [9.17, 15) is 165 Å². The molecule has 0 radical (unpaired) electrons. The van der Waals surface area contributed by atoms with E-state index in [1.165, 1.54) is 0 Å². The van der Waals surface area contributed by atoms with Gasteiger partial charge in [0, 0.05) is 90.0 Å². The van der Waals surface area contributed by atoms with Crippen molar-refractivity contribution in [2.75, 3.05) is 0 Å². The van der Waals surface area contributed by atoms with Gasteiger partial charge in [-0.3, -0.25) is 29.1 Å². The quantitative estimate of drug-likeness (QED) is 0.0670. The number of carbonyl (C=O) groups excluding carboxylic acids is 4. The van der Waals surface area contributed by atoms with E-state index in [0.717, 1.165) is 30.1 Å². The largest absolute Gasteiger partial charge is 1.00 e. The Morgan fingerprint density at radius 1 is 0.367 bits per heavy atom. The van der Waals surface area contributed by atoms with Gasteiger partial charge in [0.05, 0.1) is 0 Å². The second kappa shape index (κ2) is 31.1. The van der Waals surface area contributed by atoms with Gasteiger partial charge in [-0.15, -0.1) is 9.48 Å². The number of hydrogen-bond acceptors (Lipinski definition) is 14. The molecule has 2 aromatic heterocycles. The van der Waals surface area contributed by atoms with Gasteiger partial charge in [0.1, 0.15) is 20.6 Å². The number of ketones is 4. The maximum absolute atomic E-state index is 12.4. The number of rotatable bonds is 6. The number of allylic oxidation sites excluding steroid dienone is 8. The van der Waals surface area contributed by atoms with E-state index < -0.39 is 142 Å². The Labute approximate surface area is 509 Å². The molecule has 90 heavy (non-hydrogen) atoms. The summed E-state index contributed by atoms with van der Waals surface area (Å²) in [5.74, 6) is -22.3. The minimum atomic E-state index is -5.46. The third-order valence-electron chi connectivity index (χ3n) is 11.3. The van der Waals surface area contributed by atoms with Crippen LogP contribution in [-0.2, 0) is 53.3 Å². The van der Waals surface area contributed by atoms with Gasteiger partial charge < -0.3 is 30.8 Å². The van der Waals surface area contributed by atoms with E-state index in [1.54, 1.807) is 92.3 Å². The van der Waals surface area contributed by atoms with Gasteiger partial charge in [0.15, 0.2) is 0 Å². The summed E-state index contributed by atoms with van der Waals surface area (Å²) in [6.45, 7) is 18.0. The van der Waals surface area contributed by atoms with Gasteiger partial charge in [-0.25, -0.2) is 0 Å². The molecule has 4 rings (SSSR count). The molecule has 44 heteroatoms.